The minimum absolute atomic E-state index is 0. The van der Waals surface area contributed by atoms with Crippen LogP contribution in [0, 0.1) is 13.8 Å². The molecule has 0 spiro atoms. The molecule has 0 aliphatic rings. The summed E-state index contributed by atoms with van der Waals surface area (Å²) < 4.78 is 0. The smallest absolute Gasteiger partial charge is 0.491 e. The molecule has 0 saturated heterocycles. The van der Waals surface area contributed by atoms with E-state index in [-0.39, 0.29) is 18.6 Å². The first kappa shape index (κ1) is 15.6. The molecule has 3 heteroatoms. The van der Waals surface area contributed by atoms with Crippen molar-refractivity contribution in [3.63, 3.8) is 0 Å². The largest absolute Gasteiger partial charge is 2.00 e. The van der Waals surface area contributed by atoms with Gasteiger partial charge in [-0.3, -0.25) is 0 Å². The van der Waals surface area contributed by atoms with Gasteiger partial charge >= 0.3 is 18.6 Å². The van der Waals surface area contributed by atoms with Crippen molar-refractivity contribution in [1.29, 1.82) is 0 Å². The van der Waals surface area contributed by atoms with E-state index < -0.39 is 0 Å². The van der Waals surface area contributed by atoms with Gasteiger partial charge in [-0.25, -0.2) is 12.5 Å². The van der Waals surface area contributed by atoms with Crippen LogP contribution in [0.5, 0.6) is 0 Å². The molecule has 0 bridgehead atoms. The van der Waals surface area contributed by atoms with Crippen molar-refractivity contribution >= 4 is 12.1 Å². The number of hydrogen-bond acceptors (Lipinski definition) is 1. The average molecular weight is 228 g/mol. The van der Waals surface area contributed by atoms with Gasteiger partial charge in [0.25, 0.3) is 0 Å². The van der Waals surface area contributed by atoms with E-state index >= 15 is 0 Å². The summed E-state index contributed by atoms with van der Waals surface area (Å²) in [6.07, 6.45) is 1.61. The quantitative estimate of drug-likeness (QED) is 0.612. The number of hydrogen-bond donors (Lipinski definition) is 1. The van der Waals surface area contributed by atoms with E-state index in [0.717, 1.165) is 16.8 Å². The Morgan fingerprint density at radius 2 is 1.93 bits per heavy atom. The third-order valence-electron chi connectivity index (χ3n) is 1.45. The maximum Gasteiger partial charge on any atom is 2.00 e. The molecule has 14 heavy (non-hydrogen) atoms. The standard InChI is InChI=1S/C9H9NO.C2H6.V/c1-7-3-4-8(2)9(5-7)10-6-11;1-2;/h3-5H,2H2,1H3,(H,10,11);1-2H3;/q-2;;+2. The third kappa shape index (κ3) is 5.00. The normalized spacial score (nSPS) is 7.64. The van der Waals surface area contributed by atoms with Crippen molar-refractivity contribution < 1.29 is 23.4 Å². The molecule has 0 aliphatic carbocycles. The summed E-state index contributed by atoms with van der Waals surface area (Å²) in [6, 6.07) is 5.65. The predicted octanol–water partition coefficient (Wildman–Crippen LogP) is 2.68. The molecule has 1 amide bonds. The zero-order valence-electron chi connectivity index (χ0n) is 8.79. The Hall–Kier alpha value is -0.856. The van der Waals surface area contributed by atoms with Crippen molar-refractivity contribution in [1.82, 2.24) is 0 Å². The predicted molar refractivity (Wildman–Crippen MR) is 56.3 cm³/mol. The van der Waals surface area contributed by atoms with Gasteiger partial charge in [0.2, 0.25) is 0 Å². The number of anilines is 1. The Bertz CT molecular complexity index is 274. The average Bonchev–Trinajstić information content (AvgIpc) is 2.15. The molecular formula is C11H15NOV. The monoisotopic (exact) mass is 228 g/mol. The van der Waals surface area contributed by atoms with Crippen LogP contribution in [-0.4, -0.2) is 6.41 Å². The minimum Gasteiger partial charge on any atom is -0.491 e. The van der Waals surface area contributed by atoms with E-state index in [1.807, 2.05) is 39.0 Å². The van der Waals surface area contributed by atoms with Gasteiger partial charge in [0.15, 0.2) is 0 Å². The molecule has 75 valence electrons. The fourth-order valence-corrected chi connectivity index (χ4v) is 0.862. The van der Waals surface area contributed by atoms with Gasteiger partial charge in [-0.15, -0.1) is 17.8 Å². The van der Waals surface area contributed by atoms with E-state index in [4.69, 9.17) is 0 Å². The summed E-state index contributed by atoms with van der Waals surface area (Å²) in [5.41, 5.74) is 2.62. The van der Waals surface area contributed by atoms with Gasteiger partial charge in [-0.05, 0) is 6.92 Å². The molecule has 0 saturated carbocycles. The summed E-state index contributed by atoms with van der Waals surface area (Å²) >= 11 is 0. The molecule has 0 unspecified atom stereocenters. The maximum atomic E-state index is 9.97. The second-order valence-electron chi connectivity index (χ2n) is 2.39. The zero-order chi connectivity index (χ0) is 10.3. The van der Waals surface area contributed by atoms with Crippen LogP contribution in [0.15, 0.2) is 18.2 Å². The van der Waals surface area contributed by atoms with Crippen LogP contribution in [0.3, 0.4) is 0 Å². The van der Waals surface area contributed by atoms with E-state index in [9.17, 15) is 4.79 Å². The van der Waals surface area contributed by atoms with Crippen LogP contribution >= 0.6 is 0 Å². The first-order chi connectivity index (χ1) is 6.24. The van der Waals surface area contributed by atoms with Gasteiger partial charge in [0.1, 0.15) is 0 Å². The molecule has 2 nitrogen and oxygen atoms in total. The Morgan fingerprint density at radius 3 is 2.43 bits per heavy atom. The number of amides is 1. The Morgan fingerprint density at radius 1 is 1.36 bits per heavy atom. The second-order valence-corrected chi connectivity index (χ2v) is 2.39. The van der Waals surface area contributed by atoms with E-state index in [1.165, 1.54) is 0 Å². The molecule has 0 atom stereocenters. The molecule has 1 rings (SSSR count). The first-order valence-corrected chi connectivity index (χ1v) is 4.30. The number of carbonyl (C=O) groups excluding carboxylic acids is 1. The van der Waals surface area contributed by atoms with Gasteiger partial charge in [0.05, 0.1) is 6.41 Å². The Labute approximate surface area is 98.0 Å². The Kier molecular flexibility index (Phi) is 9.73. The molecule has 1 aromatic carbocycles. The number of benzene rings is 1. The summed E-state index contributed by atoms with van der Waals surface area (Å²) in [4.78, 5) is 9.97. The number of nitrogens with one attached hydrogen (secondary N) is 1. The summed E-state index contributed by atoms with van der Waals surface area (Å²) in [5, 5.41) is 2.45. The van der Waals surface area contributed by atoms with Crippen molar-refractivity contribution in [3.8, 4) is 0 Å². The topological polar surface area (TPSA) is 29.1 Å². The number of rotatable bonds is 2. The molecule has 1 radical (unpaired) electrons. The molecule has 0 aromatic heterocycles. The molecular weight excluding hydrogens is 213 g/mol. The third-order valence-corrected chi connectivity index (χ3v) is 1.45. The van der Waals surface area contributed by atoms with Crippen molar-refractivity contribution in [2.75, 3.05) is 5.32 Å². The molecule has 0 aliphatic heterocycles. The molecule has 0 heterocycles. The van der Waals surface area contributed by atoms with Crippen molar-refractivity contribution in [2.24, 2.45) is 0 Å². The fraction of sp³-hybridized carbons (Fsp3) is 0.273. The van der Waals surface area contributed by atoms with Crippen LogP contribution in [0.2, 0.25) is 0 Å². The SMILES string of the molecule is CC.[CH2-]c1ccc(C)cc1N[C-]=O.[V+2]. The van der Waals surface area contributed by atoms with Crippen LogP contribution in [0.1, 0.15) is 25.0 Å². The Balaban J connectivity index is 0. The van der Waals surface area contributed by atoms with E-state index in [1.54, 1.807) is 6.41 Å². The van der Waals surface area contributed by atoms with E-state index in [0.29, 0.717) is 0 Å². The summed E-state index contributed by atoms with van der Waals surface area (Å²) in [7, 11) is 0. The first-order valence-electron chi connectivity index (χ1n) is 4.30. The van der Waals surface area contributed by atoms with E-state index in [2.05, 4.69) is 12.2 Å². The molecule has 0 fully saturated rings. The van der Waals surface area contributed by atoms with Crippen LogP contribution in [0.25, 0.3) is 0 Å². The minimum atomic E-state index is 0. The van der Waals surface area contributed by atoms with Gasteiger partial charge in [0, 0.05) is 0 Å². The van der Waals surface area contributed by atoms with Crippen molar-refractivity contribution in [2.45, 2.75) is 20.8 Å². The van der Waals surface area contributed by atoms with Crippen LogP contribution < -0.4 is 5.32 Å². The van der Waals surface area contributed by atoms with Crippen LogP contribution in [-0.2, 0) is 23.4 Å². The summed E-state index contributed by atoms with van der Waals surface area (Å²) in [6.45, 7) is 9.69. The number of aryl methyl sites for hydroxylation is 1. The molecule has 1 N–H and O–H groups in total. The summed E-state index contributed by atoms with van der Waals surface area (Å²) in [5.74, 6) is 0. The van der Waals surface area contributed by atoms with Crippen LogP contribution in [0.4, 0.5) is 5.69 Å². The van der Waals surface area contributed by atoms with Gasteiger partial charge in [-0.1, -0.05) is 19.4 Å². The molecule has 1 aromatic rings. The van der Waals surface area contributed by atoms with Gasteiger partial charge < -0.3 is 10.1 Å². The fourth-order valence-electron chi connectivity index (χ4n) is 0.862. The second kappa shape index (κ2) is 8.73. The van der Waals surface area contributed by atoms with Crippen molar-refractivity contribution in [3.05, 3.63) is 36.2 Å². The zero-order valence-corrected chi connectivity index (χ0v) is 10.2. The van der Waals surface area contributed by atoms with Gasteiger partial charge in [-0.2, -0.15) is 6.07 Å². The maximum absolute atomic E-state index is 9.97.